The normalized spacial score (nSPS) is 14.1. The van der Waals surface area contributed by atoms with Crippen molar-refractivity contribution in [2.45, 2.75) is 12.0 Å². The number of benzene rings is 2. The van der Waals surface area contributed by atoms with Gasteiger partial charge in [-0.3, -0.25) is 0 Å². The van der Waals surface area contributed by atoms with Crippen LogP contribution >= 0.6 is 27.5 Å². The molecule has 19 heavy (non-hydrogen) atoms. The van der Waals surface area contributed by atoms with Crippen molar-refractivity contribution in [3.63, 3.8) is 0 Å². The van der Waals surface area contributed by atoms with E-state index in [2.05, 4.69) is 15.9 Å². The Kier molecular flexibility index (Phi) is 4.61. The molecule has 1 unspecified atom stereocenters. The Bertz CT molecular complexity index is 561. The lowest BCUT2D eigenvalue weighted by molar-refractivity contribution is 0.0734. The molecule has 0 amide bonds. The summed E-state index contributed by atoms with van der Waals surface area (Å²) in [5.74, 6) is -0.211. The van der Waals surface area contributed by atoms with Crippen LogP contribution in [0.5, 0.6) is 0 Å². The first-order valence-corrected chi connectivity index (χ1v) is 7.20. The fraction of sp³-hybridized carbons (Fsp3) is 0.200. The first-order chi connectivity index (χ1) is 9.08. The second kappa shape index (κ2) is 6.04. The van der Waals surface area contributed by atoms with E-state index >= 15 is 0 Å². The zero-order valence-corrected chi connectivity index (χ0v) is 12.5. The van der Waals surface area contributed by atoms with Crippen molar-refractivity contribution in [3.05, 3.63) is 69.9 Å². The van der Waals surface area contributed by atoms with Gasteiger partial charge in [0, 0.05) is 15.9 Å². The SMILES string of the molecule is OC(CCCl)(c1ccccc1)c1cc(Br)ccc1F. The van der Waals surface area contributed by atoms with E-state index in [9.17, 15) is 9.50 Å². The molecule has 2 rings (SSSR count). The summed E-state index contributed by atoms with van der Waals surface area (Å²) in [7, 11) is 0. The van der Waals surface area contributed by atoms with Crippen LogP contribution in [0.1, 0.15) is 17.5 Å². The molecule has 2 aromatic rings. The van der Waals surface area contributed by atoms with Crippen LogP contribution < -0.4 is 0 Å². The van der Waals surface area contributed by atoms with Crippen molar-refractivity contribution in [1.29, 1.82) is 0 Å². The maximum Gasteiger partial charge on any atom is 0.129 e. The summed E-state index contributed by atoms with van der Waals surface area (Å²) in [6.45, 7) is 0. The Morgan fingerprint density at radius 1 is 1.16 bits per heavy atom. The third-order valence-corrected chi connectivity index (χ3v) is 3.76. The van der Waals surface area contributed by atoms with Gasteiger partial charge in [-0.2, -0.15) is 0 Å². The molecule has 0 aliphatic heterocycles. The maximum absolute atomic E-state index is 14.0. The van der Waals surface area contributed by atoms with Crippen molar-refractivity contribution in [2.75, 3.05) is 5.88 Å². The third kappa shape index (κ3) is 2.99. The molecular weight excluding hydrogens is 331 g/mol. The fourth-order valence-electron chi connectivity index (χ4n) is 2.10. The van der Waals surface area contributed by atoms with E-state index in [1.165, 1.54) is 6.07 Å². The van der Waals surface area contributed by atoms with Gasteiger partial charge in [0.05, 0.1) is 0 Å². The minimum absolute atomic E-state index is 0.230. The summed E-state index contributed by atoms with van der Waals surface area (Å²) in [6.07, 6.45) is 0.242. The lowest BCUT2D eigenvalue weighted by Crippen LogP contribution is -2.29. The predicted octanol–water partition coefficient (Wildman–Crippen LogP) is 4.45. The summed E-state index contributed by atoms with van der Waals surface area (Å²) in [6, 6.07) is 13.5. The van der Waals surface area contributed by atoms with Gasteiger partial charge in [0.25, 0.3) is 0 Å². The monoisotopic (exact) mass is 342 g/mol. The van der Waals surface area contributed by atoms with E-state index in [4.69, 9.17) is 11.6 Å². The van der Waals surface area contributed by atoms with Gasteiger partial charge in [-0.15, -0.1) is 11.6 Å². The molecule has 0 aliphatic carbocycles. The average molecular weight is 344 g/mol. The summed E-state index contributed by atoms with van der Waals surface area (Å²) < 4.78 is 14.8. The third-order valence-electron chi connectivity index (χ3n) is 3.08. The lowest BCUT2D eigenvalue weighted by atomic mass is 9.84. The number of alkyl halides is 1. The van der Waals surface area contributed by atoms with Gasteiger partial charge >= 0.3 is 0 Å². The minimum Gasteiger partial charge on any atom is -0.380 e. The van der Waals surface area contributed by atoms with Crippen LogP contribution in [0.3, 0.4) is 0 Å². The molecular formula is C15H13BrClFO. The number of rotatable bonds is 4. The molecule has 1 nitrogen and oxygen atoms in total. The van der Waals surface area contributed by atoms with E-state index < -0.39 is 11.4 Å². The number of hydrogen-bond donors (Lipinski definition) is 1. The van der Waals surface area contributed by atoms with Crippen LogP contribution in [0.25, 0.3) is 0 Å². The first-order valence-electron chi connectivity index (χ1n) is 5.87. The van der Waals surface area contributed by atoms with Gasteiger partial charge in [0.1, 0.15) is 11.4 Å². The standard InChI is InChI=1S/C15H13BrClFO/c16-12-6-7-14(18)13(10-12)15(19,8-9-17)11-4-2-1-3-5-11/h1-7,10,19H,8-9H2. The quantitative estimate of drug-likeness (QED) is 0.813. The molecule has 0 saturated heterocycles. The molecule has 0 bridgehead atoms. The van der Waals surface area contributed by atoms with Crippen LogP contribution in [0, 0.1) is 5.82 Å². The molecule has 100 valence electrons. The van der Waals surface area contributed by atoms with Crippen LogP contribution in [-0.2, 0) is 5.60 Å². The Morgan fingerprint density at radius 2 is 1.84 bits per heavy atom. The zero-order chi connectivity index (χ0) is 13.9. The highest BCUT2D eigenvalue weighted by atomic mass is 79.9. The molecule has 0 saturated carbocycles. The van der Waals surface area contributed by atoms with Crippen molar-refractivity contribution in [3.8, 4) is 0 Å². The summed E-state index contributed by atoms with van der Waals surface area (Å²) >= 11 is 9.09. The van der Waals surface area contributed by atoms with Crippen LogP contribution in [0.15, 0.2) is 53.0 Å². The molecule has 0 radical (unpaired) electrons. The van der Waals surface area contributed by atoms with E-state index in [1.807, 2.05) is 18.2 Å². The Hall–Kier alpha value is -0.900. The first kappa shape index (κ1) is 14.5. The van der Waals surface area contributed by atoms with Gasteiger partial charge in [-0.25, -0.2) is 4.39 Å². The van der Waals surface area contributed by atoms with E-state index in [0.29, 0.717) is 10.0 Å². The van der Waals surface area contributed by atoms with E-state index in [1.54, 1.807) is 24.3 Å². The van der Waals surface area contributed by atoms with Crippen LogP contribution in [0.2, 0.25) is 0 Å². The molecule has 2 aromatic carbocycles. The molecule has 1 atom stereocenters. The topological polar surface area (TPSA) is 20.2 Å². The fourth-order valence-corrected chi connectivity index (χ4v) is 2.73. The molecule has 0 aromatic heterocycles. The molecule has 0 heterocycles. The highest BCUT2D eigenvalue weighted by molar-refractivity contribution is 9.10. The number of hydrogen-bond acceptors (Lipinski definition) is 1. The van der Waals surface area contributed by atoms with Gasteiger partial charge in [-0.05, 0) is 30.2 Å². The minimum atomic E-state index is -1.42. The maximum atomic E-state index is 14.0. The lowest BCUT2D eigenvalue weighted by Gasteiger charge is -2.29. The molecule has 4 heteroatoms. The number of aliphatic hydroxyl groups is 1. The zero-order valence-electron chi connectivity index (χ0n) is 10.1. The molecule has 0 aliphatic rings. The predicted molar refractivity (Wildman–Crippen MR) is 78.9 cm³/mol. The number of halogens is 3. The van der Waals surface area contributed by atoms with Crippen molar-refractivity contribution in [2.24, 2.45) is 0 Å². The summed E-state index contributed by atoms with van der Waals surface area (Å²) in [4.78, 5) is 0. The van der Waals surface area contributed by atoms with Gasteiger partial charge in [0.15, 0.2) is 0 Å². The van der Waals surface area contributed by atoms with Gasteiger partial charge in [-0.1, -0.05) is 46.3 Å². The molecule has 0 fully saturated rings. The molecule has 0 spiro atoms. The van der Waals surface area contributed by atoms with Crippen molar-refractivity contribution < 1.29 is 9.50 Å². The van der Waals surface area contributed by atoms with Crippen molar-refractivity contribution >= 4 is 27.5 Å². The second-order valence-electron chi connectivity index (χ2n) is 4.29. The van der Waals surface area contributed by atoms with Crippen LogP contribution in [0.4, 0.5) is 4.39 Å². The highest BCUT2D eigenvalue weighted by Crippen LogP contribution is 2.36. The summed E-state index contributed by atoms with van der Waals surface area (Å²) in [5, 5.41) is 10.9. The van der Waals surface area contributed by atoms with E-state index in [0.717, 1.165) is 0 Å². The second-order valence-corrected chi connectivity index (χ2v) is 5.58. The van der Waals surface area contributed by atoms with E-state index in [-0.39, 0.29) is 17.9 Å². The average Bonchev–Trinajstić information content (AvgIpc) is 2.42. The summed E-state index contributed by atoms with van der Waals surface area (Å²) in [5.41, 5.74) is -0.557. The smallest absolute Gasteiger partial charge is 0.129 e. The Labute approximate surface area is 125 Å². The Morgan fingerprint density at radius 3 is 2.47 bits per heavy atom. The van der Waals surface area contributed by atoms with Crippen LogP contribution in [-0.4, -0.2) is 11.0 Å². The van der Waals surface area contributed by atoms with Gasteiger partial charge < -0.3 is 5.11 Å². The Balaban J connectivity index is 2.59. The molecule has 1 N–H and O–H groups in total. The van der Waals surface area contributed by atoms with Crippen molar-refractivity contribution in [1.82, 2.24) is 0 Å². The van der Waals surface area contributed by atoms with Gasteiger partial charge in [0.2, 0.25) is 0 Å². The highest BCUT2D eigenvalue weighted by Gasteiger charge is 2.33. The largest absolute Gasteiger partial charge is 0.380 e.